The zero-order valence-electron chi connectivity index (χ0n) is 8.69. The summed E-state index contributed by atoms with van der Waals surface area (Å²) in [6, 6.07) is 4.03. The average Bonchev–Trinajstić information content (AvgIpc) is 2.87. The monoisotopic (exact) mass is 222 g/mol. The van der Waals surface area contributed by atoms with Gasteiger partial charge in [0, 0.05) is 0 Å². The van der Waals surface area contributed by atoms with Gasteiger partial charge in [0.25, 0.3) is 0 Å². The zero-order valence-corrected chi connectivity index (χ0v) is 9.51. The van der Waals surface area contributed by atoms with E-state index in [-0.39, 0.29) is 0 Å². The van der Waals surface area contributed by atoms with Crippen molar-refractivity contribution in [3.63, 3.8) is 0 Å². The highest BCUT2D eigenvalue weighted by atomic mass is 32.1. The van der Waals surface area contributed by atoms with Crippen molar-refractivity contribution in [1.82, 2.24) is 10.3 Å². The first-order chi connectivity index (χ1) is 7.40. The molecule has 0 radical (unpaired) electrons. The van der Waals surface area contributed by atoms with Gasteiger partial charge in [0.15, 0.2) is 0 Å². The number of nitrogens with one attached hydrogen (secondary N) is 1. The first-order valence-electron chi connectivity index (χ1n) is 5.03. The average molecular weight is 222 g/mol. The van der Waals surface area contributed by atoms with Gasteiger partial charge in [-0.2, -0.15) is 0 Å². The van der Waals surface area contributed by atoms with Crippen LogP contribution in [-0.2, 0) is 6.42 Å². The van der Waals surface area contributed by atoms with Crippen LogP contribution >= 0.6 is 11.3 Å². The van der Waals surface area contributed by atoms with E-state index in [4.69, 9.17) is 4.42 Å². The third-order valence-corrected chi connectivity index (χ3v) is 3.00. The predicted molar refractivity (Wildman–Crippen MR) is 62.1 cm³/mol. The summed E-state index contributed by atoms with van der Waals surface area (Å²) in [4.78, 5) is 5.53. The summed E-state index contributed by atoms with van der Waals surface area (Å²) in [6.07, 6.45) is 3.81. The first kappa shape index (κ1) is 10.4. The van der Waals surface area contributed by atoms with Gasteiger partial charge >= 0.3 is 0 Å². The van der Waals surface area contributed by atoms with Crippen molar-refractivity contribution in [3.8, 4) is 10.8 Å². The second-order valence-electron chi connectivity index (χ2n) is 3.33. The van der Waals surface area contributed by atoms with Crippen molar-refractivity contribution in [2.45, 2.75) is 12.8 Å². The van der Waals surface area contributed by atoms with Gasteiger partial charge in [0.2, 0.25) is 5.89 Å². The lowest BCUT2D eigenvalue weighted by atomic mass is 10.2. The van der Waals surface area contributed by atoms with Crippen LogP contribution in [0.25, 0.3) is 10.8 Å². The molecule has 2 aromatic heterocycles. The second-order valence-corrected chi connectivity index (χ2v) is 4.28. The lowest BCUT2D eigenvalue weighted by Gasteiger charge is -1.94. The van der Waals surface area contributed by atoms with Crippen molar-refractivity contribution >= 4 is 11.3 Å². The number of aryl methyl sites for hydroxylation is 1. The molecular weight excluding hydrogens is 208 g/mol. The molecule has 3 nitrogen and oxygen atoms in total. The highest BCUT2D eigenvalue weighted by Gasteiger charge is 2.06. The number of aromatic nitrogens is 1. The molecule has 0 aliphatic carbocycles. The summed E-state index contributed by atoms with van der Waals surface area (Å²) < 4.78 is 5.42. The van der Waals surface area contributed by atoms with Crippen LogP contribution in [0.15, 0.2) is 28.2 Å². The normalized spacial score (nSPS) is 10.7. The molecule has 4 heteroatoms. The summed E-state index contributed by atoms with van der Waals surface area (Å²) in [5.74, 6) is 0.740. The highest BCUT2D eigenvalue weighted by Crippen LogP contribution is 2.23. The van der Waals surface area contributed by atoms with Crippen LogP contribution in [0.3, 0.4) is 0 Å². The van der Waals surface area contributed by atoms with Crippen LogP contribution in [0, 0.1) is 0 Å². The standard InChI is InChI=1S/C11H14N2OS/c1-12-6-2-4-9-8-14-11(13-9)10-5-3-7-15-10/h3,5,7-8,12H,2,4,6H2,1H3. The van der Waals surface area contributed by atoms with Gasteiger partial charge in [-0.25, -0.2) is 4.98 Å². The Balaban J connectivity index is 1.98. The molecule has 80 valence electrons. The van der Waals surface area contributed by atoms with E-state index in [1.807, 2.05) is 24.6 Å². The molecular formula is C11H14N2OS. The topological polar surface area (TPSA) is 38.1 Å². The molecule has 2 aromatic rings. The molecule has 1 N–H and O–H groups in total. The Kier molecular flexibility index (Phi) is 3.53. The van der Waals surface area contributed by atoms with Gasteiger partial charge in [0.05, 0.1) is 10.6 Å². The van der Waals surface area contributed by atoms with Crippen LogP contribution in [0.4, 0.5) is 0 Å². The van der Waals surface area contributed by atoms with Gasteiger partial charge < -0.3 is 9.73 Å². The van der Waals surface area contributed by atoms with E-state index in [0.717, 1.165) is 35.8 Å². The van der Waals surface area contributed by atoms with Crippen molar-refractivity contribution in [1.29, 1.82) is 0 Å². The molecule has 0 amide bonds. The lowest BCUT2D eigenvalue weighted by molar-refractivity contribution is 0.573. The predicted octanol–water partition coefficient (Wildman–Crippen LogP) is 2.56. The molecule has 0 aromatic carbocycles. The van der Waals surface area contributed by atoms with Gasteiger partial charge in [-0.05, 0) is 37.9 Å². The Morgan fingerprint density at radius 2 is 2.47 bits per heavy atom. The zero-order chi connectivity index (χ0) is 10.5. The molecule has 0 saturated carbocycles. The molecule has 2 rings (SSSR count). The smallest absolute Gasteiger partial charge is 0.236 e. The summed E-state index contributed by atoms with van der Waals surface area (Å²) in [5, 5.41) is 5.14. The van der Waals surface area contributed by atoms with Gasteiger partial charge in [0.1, 0.15) is 6.26 Å². The summed E-state index contributed by atoms with van der Waals surface area (Å²) in [7, 11) is 1.96. The SMILES string of the molecule is CNCCCc1coc(-c2cccs2)n1. The fraction of sp³-hybridized carbons (Fsp3) is 0.364. The van der Waals surface area contributed by atoms with E-state index in [2.05, 4.69) is 10.3 Å². The Morgan fingerprint density at radius 3 is 3.20 bits per heavy atom. The Bertz CT molecular complexity index is 394. The Hall–Kier alpha value is -1.13. The summed E-state index contributed by atoms with van der Waals surface area (Å²) in [6.45, 7) is 1.02. The first-order valence-corrected chi connectivity index (χ1v) is 5.91. The number of nitrogens with zero attached hydrogens (tertiary/aromatic N) is 1. The molecule has 0 fully saturated rings. The highest BCUT2D eigenvalue weighted by molar-refractivity contribution is 7.13. The number of hydrogen-bond donors (Lipinski definition) is 1. The van der Waals surface area contributed by atoms with E-state index in [1.54, 1.807) is 17.6 Å². The van der Waals surface area contributed by atoms with E-state index in [0.29, 0.717) is 0 Å². The van der Waals surface area contributed by atoms with E-state index < -0.39 is 0 Å². The van der Waals surface area contributed by atoms with Crippen LogP contribution in [-0.4, -0.2) is 18.6 Å². The maximum atomic E-state index is 5.42. The third kappa shape index (κ3) is 2.67. The second kappa shape index (κ2) is 5.09. The van der Waals surface area contributed by atoms with Gasteiger partial charge in [-0.1, -0.05) is 6.07 Å². The molecule has 0 aliphatic rings. The molecule has 0 spiro atoms. The minimum Gasteiger partial charge on any atom is -0.444 e. The van der Waals surface area contributed by atoms with Crippen molar-refractivity contribution < 1.29 is 4.42 Å². The number of thiophene rings is 1. The Morgan fingerprint density at radius 1 is 1.53 bits per heavy atom. The van der Waals surface area contributed by atoms with Crippen LogP contribution in [0.5, 0.6) is 0 Å². The minimum absolute atomic E-state index is 0.740. The number of oxazole rings is 1. The molecule has 2 heterocycles. The summed E-state index contributed by atoms with van der Waals surface area (Å²) >= 11 is 1.65. The minimum atomic E-state index is 0.740. The molecule has 0 aliphatic heterocycles. The summed E-state index contributed by atoms with van der Waals surface area (Å²) in [5.41, 5.74) is 1.04. The van der Waals surface area contributed by atoms with Crippen molar-refractivity contribution in [2.24, 2.45) is 0 Å². The van der Waals surface area contributed by atoms with E-state index in [1.165, 1.54) is 0 Å². The van der Waals surface area contributed by atoms with Crippen LogP contribution in [0.1, 0.15) is 12.1 Å². The quantitative estimate of drug-likeness (QED) is 0.790. The van der Waals surface area contributed by atoms with Crippen molar-refractivity contribution in [2.75, 3.05) is 13.6 Å². The molecule has 0 atom stereocenters. The van der Waals surface area contributed by atoms with Crippen molar-refractivity contribution in [3.05, 3.63) is 29.5 Å². The maximum Gasteiger partial charge on any atom is 0.236 e. The van der Waals surface area contributed by atoms with E-state index in [9.17, 15) is 0 Å². The van der Waals surface area contributed by atoms with Gasteiger partial charge in [-0.15, -0.1) is 11.3 Å². The number of hydrogen-bond acceptors (Lipinski definition) is 4. The van der Waals surface area contributed by atoms with E-state index >= 15 is 0 Å². The Labute approximate surface area is 93.2 Å². The van der Waals surface area contributed by atoms with Crippen LogP contribution < -0.4 is 5.32 Å². The molecule has 0 unspecified atom stereocenters. The number of rotatable bonds is 5. The largest absolute Gasteiger partial charge is 0.444 e. The molecule has 0 saturated heterocycles. The van der Waals surface area contributed by atoms with Crippen LogP contribution in [0.2, 0.25) is 0 Å². The fourth-order valence-corrected chi connectivity index (χ4v) is 2.04. The molecule has 0 bridgehead atoms. The third-order valence-electron chi connectivity index (χ3n) is 2.14. The maximum absolute atomic E-state index is 5.42. The van der Waals surface area contributed by atoms with Gasteiger partial charge in [-0.3, -0.25) is 0 Å². The lowest BCUT2D eigenvalue weighted by Crippen LogP contribution is -2.08. The fourth-order valence-electron chi connectivity index (χ4n) is 1.38. The molecule has 15 heavy (non-hydrogen) atoms.